The first-order valence-electron chi connectivity index (χ1n) is 4.99. The Morgan fingerprint density at radius 2 is 2.11 bits per heavy atom. The molecule has 1 heterocycles. The number of fused-ring (bicyclic) bond motifs is 1. The van der Waals surface area contributed by atoms with Gasteiger partial charge in [0.2, 0.25) is 0 Å². The SMILES string of the molecule is O=C(O)CNn1c(=O)c(O)cc2cc(Cl)ccc21. The molecule has 0 saturated heterocycles. The third-order valence-corrected chi connectivity index (χ3v) is 2.57. The molecule has 0 aliphatic heterocycles. The molecule has 0 atom stereocenters. The molecule has 0 fully saturated rings. The molecule has 2 aromatic rings. The van der Waals surface area contributed by atoms with E-state index in [1.54, 1.807) is 18.2 Å². The number of rotatable bonds is 3. The van der Waals surface area contributed by atoms with E-state index < -0.39 is 23.8 Å². The Balaban J connectivity index is 2.64. The van der Waals surface area contributed by atoms with Crippen LogP contribution in [-0.4, -0.2) is 27.4 Å². The van der Waals surface area contributed by atoms with Gasteiger partial charge >= 0.3 is 11.5 Å². The van der Waals surface area contributed by atoms with Crippen molar-refractivity contribution in [1.29, 1.82) is 0 Å². The maximum absolute atomic E-state index is 11.7. The summed E-state index contributed by atoms with van der Waals surface area (Å²) in [4.78, 5) is 22.2. The molecule has 1 aromatic carbocycles. The van der Waals surface area contributed by atoms with Gasteiger partial charge in [-0.3, -0.25) is 9.59 Å². The molecule has 18 heavy (non-hydrogen) atoms. The molecule has 94 valence electrons. The monoisotopic (exact) mass is 268 g/mol. The molecule has 0 saturated carbocycles. The lowest BCUT2D eigenvalue weighted by Crippen LogP contribution is -2.32. The normalized spacial score (nSPS) is 10.5. The van der Waals surface area contributed by atoms with Gasteiger partial charge in [0.15, 0.2) is 5.75 Å². The third-order valence-electron chi connectivity index (χ3n) is 2.33. The molecular formula is C11H9ClN2O4. The fourth-order valence-electron chi connectivity index (χ4n) is 1.58. The minimum absolute atomic E-state index is 0.434. The van der Waals surface area contributed by atoms with E-state index in [0.717, 1.165) is 4.68 Å². The number of carboxylic acid groups (broad SMARTS) is 1. The van der Waals surface area contributed by atoms with Crippen LogP contribution in [0, 0.1) is 0 Å². The van der Waals surface area contributed by atoms with Gasteiger partial charge in [-0.05, 0) is 24.3 Å². The number of nitrogens with one attached hydrogen (secondary N) is 1. The van der Waals surface area contributed by atoms with E-state index in [2.05, 4.69) is 5.43 Å². The number of halogens is 1. The first-order chi connectivity index (χ1) is 8.49. The quantitative estimate of drug-likeness (QED) is 0.772. The van der Waals surface area contributed by atoms with Crippen molar-refractivity contribution >= 4 is 28.5 Å². The summed E-state index contributed by atoms with van der Waals surface area (Å²) in [5.41, 5.74) is 2.13. The minimum Gasteiger partial charge on any atom is -0.503 e. The molecule has 0 amide bonds. The summed E-state index contributed by atoms with van der Waals surface area (Å²) >= 11 is 5.81. The lowest BCUT2D eigenvalue weighted by atomic mass is 10.2. The Hall–Kier alpha value is -2.21. The molecule has 6 nitrogen and oxygen atoms in total. The lowest BCUT2D eigenvalue weighted by Gasteiger charge is -2.11. The molecule has 0 aliphatic rings. The van der Waals surface area contributed by atoms with Crippen molar-refractivity contribution in [2.24, 2.45) is 0 Å². The van der Waals surface area contributed by atoms with Gasteiger partial charge in [0.05, 0.1) is 5.52 Å². The van der Waals surface area contributed by atoms with Crippen LogP contribution in [0.5, 0.6) is 5.75 Å². The van der Waals surface area contributed by atoms with Crippen LogP contribution in [0.3, 0.4) is 0 Å². The maximum Gasteiger partial charge on any atom is 0.324 e. The highest BCUT2D eigenvalue weighted by Gasteiger charge is 2.09. The summed E-state index contributed by atoms with van der Waals surface area (Å²) in [6.07, 6.45) is 0. The fourth-order valence-corrected chi connectivity index (χ4v) is 1.76. The largest absolute Gasteiger partial charge is 0.503 e. The first-order valence-corrected chi connectivity index (χ1v) is 5.37. The zero-order valence-corrected chi connectivity index (χ0v) is 9.81. The molecule has 0 radical (unpaired) electrons. The van der Waals surface area contributed by atoms with Crippen LogP contribution < -0.4 is 11.0 Å². The maximum atomic E-state index is 11.7. The third kappa shape index (κ3) is 2.23. The van der Waals surface area contributed by atoms with Crippen molar-refractivity contribution in [2.45, 2.75) is 0 Å². The van der Waals surface area contributed by atoms with Crippen molar-refractivity contribution in [3.05, 3.63) is 39.6 Å². The Morgan fingerprint density at radius 3 is 2.78 bits per heavy atom. The number of aromatic hydroxyl groups is 1. The summed E-state index contributed by atoms with van der Waals surface area (Å²) in [6, 6.07) is 5.98. The topological polar surface area (TPSA) is 91.6 Å². The van der Waals surface area contributed by atoms with Crippen LogP contribution in [0.2, 0.25) is 5.02 Å². The summed E-state index contributed by atoms with van der Waals surface area (Å²) in [5, 5.41) is 19.1. The zero-order valence-electron chi connectivity index (χ0n) is 9.05. The van der Waals surface area contributed by atoms with E-state index in [9.17, 15) is 14.7 Å². The van der Waals surface area contributed by atoms with Crippen LogP contribution in [0.4, 0.5) is 0 Å². The summed E-state index contributed by atoms with van der Waals surface area (Å²) in [6.45, 7) is -0.443. The highest BCUT2D eigenvalue weighted by Crippen LogP contribution is 2.20. The number of aliphatic carboxylic acids is 1. The standard InChI is InChI=1S/C11H9ClN2O4/c12-7-1-2-8-6(3-7)4-9(15)11(18)14(8)13-5-10(16)17/h1-4,13,15H,5H2,(H,16,17). The molecule has 1 aromatic heterocycles. The second kappa shape index (κ2) is 4.58. The van der Waals surface area contributed by atoms with E-state index in [0.29, 0.717) is 15.9 Å². The second-order valence-electron chi connectivity index (χ2n) is 3.60. The Labute approximate surface area is 106 Å². The smallest absolute Gasteiger partial charge is 0.324 e. The molecule has 0 spiro atoms. The van der Waals surface area contributed by atoms with Crippen molar-refractivity contribution in [2.75, 3.05) is 12.0 Å². The van der Waals surface area contributed by atoms with E-state index in [4.69, 9.17) is 16.7 Å². The summed E-state index contributed by atoms with van der Waals surface area (Å²) < 4.78 is 0.981. The zero-order chi connectivity index (χ0) is 13.3. The van der Waals surface area contributed by atoms with Gasteiger partial charge in [0.1, 0.15) is 6.54 Å². The number of pyridine rings is 1. The predicted molar refractivity (Wildman–Crippen MR) is 66.7 cm³/mol. The molecule has 0 bridgehead atoms. The van der Waals surface area contributed by atoms with Gasteiger partial charge in [0.25, 0.3) is 0 Å². The molecule has 0 aliphatic carbocycles. The molecule has 3 N–H and O–H groups in total. The van der Waals surface area contributed by atoms with E-state index in [1.807, 2.05) is 0 Å². The Bertz CT molecular complexity index is 681. The number of carboxylic acids is 1. The Kier molecular flexibility index (Phi) is 3.12. The minimum atomic E-state index is -1.12. The summed E-state index contributed by atoms with van der Waals surface area (Å²) in [5.74, 6) is -1.60. The number of benzene rings is 1. The highest BCUT2D eigenvalue weighted by molar-refractivity contribution is 6.31. The number of aromatic nitrogens is 1. The van der Waals surface area contributed by atoms with Crippen LogP contribution in [0.25, 0.3) is 10.9 Å². The van der Waals surface area contributed by atoms with Crippen molar-refractivity contribution < 1.29 is 15.0 Å². The molecule has 2 rings (SSSR count). The lowest BCUT2D eigenvalue weighted by molar-refractivity contribution is -0.135. The van der Waals surface area contributed by atoms with Gasteiger partial charge in [-0.1, -0.05) is 11.6 Å². The fraction of sp³-hybridized carbons (Fsp3) is 0.0909. The first kappa shape index (κ1) is 12.3. The van der Waals surface area contributed by atoms with Crippen molar-refractivity contribution in [3.8, 4) is 5.75 Å². The van der Waals surface area contributed by atoms with Gasteiger partial charge in [-0.25, -0.2) is 4.68 Å². The summed E-state index contributed by atoms with van der Waals surface area (Å²) in [7, 11) is 0. The van der Waals surface area contributed by atoms with Crippen LogP contribution >= 0.6 is 11.6 Å². The van der Waals surface area contributed by atoms with Gasteiger partial charge in [0, 0.05) is 10.4 Å². The number of hydrogen-bond acceptors (Lipinski definition) is 4. The van der Waals surface area contributed by atoms with Crippen LogP contribution in [0.15, 0.2) is 29.1 Å². The van der Waals surface area contributed by atoms with Crippen LogP contribution in [0.1, 0.15) is 0 Å². The Morgan fingerprint density at radius 1 is 1.39 bits per heavy atom. The van der Waals surface area contributed by atoms with E-state index >= 15 is 0 Å². The van der Waals surface area contributed by atoms with Crippen molar-refractivity contribution in [3.63, 3.8) is 0 Å². The van der Waals surface area contributed by atoms with Gasteiger partial charge in [-0.15, -0.1) is 0 Å². The molecular weight excluding hydrogens is 260 g/mol. The van der Waals surface area contributed by atoms with E-state index in [1.165, 1.54) is 6.07 Å². The van der Waals surface area contributed by atoms with E-state index in [-0.39, 0.29) is 0 Å². The average molecular weight is 269 g/mol. The van der Waals surface area contributed by atoms with Gasteiger partial charge in [-0.2, -0.15) is 0 Å². The van der Waals surface area contributed by atoms with Gasteiger partial charge < -0.3 is 15.6 Å². The number of carbonyl (C=O) groups is 1. The predicted octanol–water partition coefficient (Wildman–Crippen LogP) is 0.989. The molecule has 0 unspecified atom stereocenters. The van der Waals surface area contributed by atoms with Crippen molar-refractivity contribution in [1.82, 2.24) is 4.68 Å². The average Bonchev–Trinajstić information content (AvgIpc) is 2.29. The molecule has 7 heteroatoms. The number of hydrogen-bond donors (Lipinski definition) is 3. The highest BCUT2D eigenvalue weighted by atomic mass is 35.5. The van der Waals surface area contributed by atoms with Crippen LogP contribution in [-0.2, 0) is 4.79 Å². The number of nitrogens with zero attached hydrogens (tertiary/aromatic N) is 1. The second-order valence-corrected chi connectivity index (χ2v) is 4.04.